The highest BCUT2D eigenvalue weighted by Gasteiger charge is 2.46. The molecule has 0 radical (unpaired) electrons. The van der Waals surface area contributed by atoms with E-state index in [-0.39, 0.29) is 23.1 Å². The lowest BCUT2D eigenvalue weighted by Crippen LogP contribution is -2.70. The third kappa shape index (κ3) is 3.75. The summed E-state index contributed by atoms with van der Waals surface area (Å²) in [5, 5.41) is -0.475. The van der Waals surface area contributed by atoms with Gasteiger partial charge in [0.15, 0.2) is 0 Å². The smallest absolute Gasteiger partial charge is 0.256 e. The second-order valence-corrected chi connectivity index (χ2v) is 10.8. The number of hydrogen-bond donors (Lipinski definition) is 0. The van der Waals surface area contributed by atoms with Crippen molar-refractivity contribution in [1.29, 1.82) is 0 Å². The van der Waals surface area contributed by atoms with Crippen molar-refractivity contribution in [3.8, 4) is 0 Å². The molecule has 2 aliphatic heterocycles. The molecule has 6 nitrogen and oxygen atoms in total. The summed E-state index contributed by atoms with van der Waals surface area (Å²) >= 11 is 0. The largest absolute Gasteiger partial charge is 0.335 e. The summed E-state index contributed by atoms with van der Waals surface area (Å²) in [5.74, 6) is -0.875. The van der Waals surface area contributed by atoms with Crippen molar-refractivity contribution >= 4 is 15.9 Å². The third-order valence-electron chi connectivity index (χ3n) is 5.58. The second kappa shape index (κ2) is 7.14. The molecule has 150 valence electrons. The van der Waals surface area contributed by atoms with Gasteiger partial charge >= 0.3 is 0 Å². The molecular weight excluding hydrogens is 369 g/mol. The lowest BCUT2D eigenvalue weighted by Gasteiger charge is -2.55. The number of halogens is 1. The Labute approximate surface area is 161 Å². The molecule has 3 rings (SSSR count). The Morgan fingerprint density at radius 3 is 2.48 bits per heavy atom. The molecule has 1 atom stereocenters. The number of rotatable bonds is 3. The van der Waals surface area contributed by atoms with Gasteiger partial charge in [-0.1, -0.05) is 12.1 Å². The van der Waals surface area contributed by atoms with Crippen molar-refractivity contribution in [1.82, 2.24) is 14.1 Å². The zero-order valence-electron chi connectivity index (χ0n) is 16.4. The number of fused-ring (bicyclic) bond motifs is 1. The number of piperazine rings is 2. The molecule has 2 heterocycles. The van der Waals surface area contributed by atoms with Crippen molar-refractivity contribution in [2.24, 2.45) is 0 Å². The summed E-state index contributed by atoms with van der Waals surface area (Å²) in [7, 11) is -3.34. The van der Waals surface area contributed by atoms with E-state index < -0.39 is 21.1 Å². The van der Waals surface area contributed by atoms with Crippen molar-refractivity contribution in [3.05, 3.63) is 35.6 Å². The Balaban J connectivity index is 1.84. The first-order valence-corrected chi connectivity index (χ1v) is 10.8. The monoisotopic (exact) mass is 397 g/mol. The van der Waals surface area contributed by atoms with Crippen LogP contribution in [0.4, 0.5) is 4.39 Å². The van der Waals surface area contributed by atoms with Crippen LogP contribution in [0.25, 0.3) is 0 Å². The Bertz CT molecular complexity index is 825. The number of carbonyl (C=O) groups excluding carboxylic acids is 1. The van der Waals surface area contributed by atoms with Crippen molar-refractivity contribution in [3.63, 3.8) is 0 Å². The van der Waals surface area contributed by atoms with Gasteiger partial charge in [0.1, 0.15) is 5.82 Å². The van der Waals surface area contributed by atoms with Crippen LogP contribution >= 0.6 is 0 Å². The van der Waals surface area contributed by atoms with Gasteiger partial charge in [0.05, 0.1) is 10.8 Å². The molecule has 0 aliphatic carbocycles. The summed E-state index contributed by atoms with van der Waals surface area (Å²) in [5.41, 5.74) is -0.249. The number of hydrogen-bond acceptors (Lipinski definition) is 4. The number of benzene rings is 1. The van der Waals surface area contributed by atoms with Crippen LogP contribution in [0.15, 0.2) is 24.3 Å². The van der Waals surface area contributed by atoms with Gasteiger partial charge in [-0.05, 0) is 39.8 Å². The zero-order chi connectivity index (χ0) is 20.0. The van der Waals surface area contributed by atoms with Gasteiger partial charge in [0.25, 0.3) is 5.91 Å². The van der Waals surface area contributed by atoms with Crippen LogP contribution in [-0.4, -0.2) is 78.0 Å². The molecule has 0 spiro atoms. The first kappa shape index (κ1) is 20.2. The maximum Gasteiger partial charge on any atom is 0.256 e. The van der Waals surface area contributed by atoms with E-state index in [1.54, 1.807) is 30.9 Å². The number of amides is 1. The second-order valence-electron chi connectivity index (χ2n) is 8.28. The molecule has 0 saturated carbocycles. The topological polar surface area (TPSA) is 60.9 Å². The number of nitrogens with zero attached hydrogens (tertiary/aromatic N) is 3. The lowest BCUT2D eigenvalue weighted by atomic mass is 9.92. The van der Waals surface area contributed by atoms with Gasteiger partial charge in [0.2, 0.25) is 10.0 Å². The minimum Gasteiger partial charge on any atom is -0.335 e. The summed E-state index contributed by atoms with van der Waals surface area (Å²) in [6, 6.07) is 5.88. The van der Waals surface area contributed by atoms with Crippen LogP contribution in [0, 0.1) is 5.82 Å². The summed E-state index contributed by atoms with van der Waals surface area (Å²) in [6.07, 6.45) is 0. The van der Waals surface area contributed by atoms with E-state index in [1.165, 1.54) is 16.4 Å². The predicted molar refractivity (Wildman–Crippen MR) is 103 cm³/mol. The molecule has 8 heteroatoms. The number of carbonyl (C=O) groups is 1. The highest BCUT2D eigenvalue weighted by atomic mass is 32.2. The Morgan fingerprint density at radius 2 is 1.85 bits per heavy atom. The van der Waals surface area contributed by atoms with Crippen molar-refractivity contribution in [2.45, 2.75) is 44.5 Å². The minimum absolute atomic E-state index is 0.0595. The molecule has 0 unspecified atom stereocenters. The normalized spacial score (nSPS) is 24.1. The van der Waals surface area contributed by atoms with E-state index >= 15 is 0 Å². The SMILES string of the molecule is CC(C)S(=O)(=O)N1CCN2[C@H](CN(C(=O)c3ccccc3F)CC2(C)C)C1. The van der Waals surface area contributed by atoms with Gasteiger partial charge in [-0.25, -0.2) is 12.8 Å². The zero-order valence-corrected chi connectivity index (χ0v) is 17.2. The van der Waals surface area contributed by atoms with E-state index in [0.717, 1.165) is 0 Å². The maximum absolute atomic E-state index is 14.1. The van der Waals surface area contributed by atoms with Gasteiger partial charge in [0, 0.05) is 44.3 Å². The summed E-state index contributed by atoms with van der Waals surface area (Å²) < 4.78 is 40.8. The molecule has 0 N–H and O–H groups in total. The molecule has 1 aromatic carbocycles. The fourth-order valence-corrected chi connectivity index (χ4v) is 5.46. The van der Waals surface area contributed by atoms with Crippen molar-refractivity contribution in [2.75, 3.05) is 32.7 Å². The number of sulfonamides is 1. The van der Waals surface area contributed by atoms with E-state index in [0.29, 0.717) is 32.7 Å². The summed E-state index contributed by atoms with van der Waals surface area (Å²) in [4.78, 5) is 16.8. The Morgan fingerprint density at radius 1 is 1.19 bits per heavy atom. The Kier molecular flexibility index (Phi) is 5.35. The third-order valence-corrected chi connectivity index (χ3v) is 7.82. The molecule has 1 amide bonds. The first-order chi connectivity index (χ1) is 12.5. The molecule has 2 saturated heterocycles. The molecule has 2 fully saturated rings. The molecule has 2 aliphatic rings. The molecule has 27 heavy (non-hydrogen) atoms. The van der Waals surface area contributed by atoms with Crippen LogP contribution in [-0.2, 0) is 10.0 Å². The fraction of sp³-hybridized carbons (Fsp3) is 0.632. The van der Waals surface area contributed by atoms with E-state index in [1.807, 2.05) is 13.8 Å². The average molecular weight is 398 g/mol. The van der Waals surface area contributed by atoms with Crippen LogP contribution in [0.5, 0.6) is 0 Å². The standard InChI is InChI=1S/C19H28FN3O3S/c1-14(2)27(25,26)22-9-10-23-15(12-22)11-21(13-19(23,3)4)18(24)16-7-5-6-8-17(16)20/h5-8,14-15H,9-13H2,1-4H3/t15-/m1/s1. The van der Waals surface area contributed by atoms with Crippen LogP contribution in [0.2, 0.25) is 0 Å². The minimum atomic E-state index is -3.34. The lowest BCUT2D eigenvalue weighted by molar-refractivity contribution is -0.0424. The Hall–Kier alpha value is -1.51. The molecule has 1 aromatic rings. The first-order valence-electron chi connectivity index (χ1n) is 9.33. The van der Waals surface area contributed by atoms with E-state index in [9.17, 15) is 17.6 Å². The highest BCUT2D eigenvalue weighted by molar-refractivity contribution is 7.89. The van der Waals surface area contributed by atoms with Gasteiger partial charge < -0.3 is 4.90 Å². The summed E-state index contributed by atoms with van der Waals surface area (Å²) in [6.45, 7) is 9.77. The fourth-order valence-electron chi connectivity index (χ4n) is 4.15. The maximum atomic E-state index is 14.1. The van der Waals surface area contributed by atoms with E-state index in [4.69, 9.17) is 0 Å². The van der Waals surface area contributed by atoms with Gasteiger partial charge in [-0.15, -0.1) is 0 Å². The molecular formula is C19H28FN3O3S. The molecule has 0 aromatic heterocycles. The van der Waals surface area contributed by atoms with Gasteiger partial charge in [-0.3, -0.25) is 9.69 Å². The molecule has 0 bridgehead atoms. The van der Waals surface area contributed by atoms with Gasteiger partial charge in [-0.2, -0.15) is 4.31 Å². The van der Waals surface area contributed by atoms with Crippen LogP contribution in [0.1, 0.15) is 38.1 Å². The van der Waals surface area contributed by atoms with Crippen LogP contribution < -0.4 is 0 Å². The van der Waals surface area contributed by atoms with Crippen molar-refractivity contribution < 1.29 is 17.6 Å². The predicted octanol–water partition coefficient (Wildman–Crippen LogP) is 1.78. The van der Waals surface area contributed by atoms with E-state index in [2.05, 4.69) is 4.90 Å². The highest BCUT2D eigenvalue weighted by Crippen LogP contribution is 2.30. The quantitative estimate of drug-likeness (QED) is 0.780. The van der Waals surface area contributed by atoms with Crippen LogP contribution in [0.3, 0.4) is 0 Å². The average Bonchev–Trinajstić information content (AvgIpc) is 2.60.